The number of aromatic nitrogens is 3. The third-order valence-electron chi connectivity index (χ3n) is 2.76. The topological polar surface area (TPSA) is 42.7 Å². The summed E-state index contributed by atoms with van der Waals surface area (Å²) in [5.41, 5.74) is 2.34. The first-order valence-corrected chi connectivity index (χ1v) is 6.17. The normalized spacial score (nSPS) is 11.8. The van der Waals surface area contributed by atoms with Crippen LogP contribution in [0.3, 0.4) is 0 Å². The SMILES string of the molecule is CNCc1cc(-n2cccn2)nc(C(C)(C)C)c1. The van der Waals surface area contributed by atoms with Gasteiger partial charge in [-0.2, -0.15) is 5.10 Å². The summed E-state index contributed by atoms with van der Waals surface area (Å²) >= 11 is 0. The Morgan fingerprint density at radius 2 is 2.06 bits per heavy atom. The van der Waals surface area contributed by atoms with Crippen LogP contribution in [0.25, 0.3) is 5.82 Å². The Labute approximate surface area is 108 Å². The van der Waals surface area contributed by atoms with Crippen LogP contribution in [-0.4, -0.2) is 21.8 Å². The van der Waals surface area contributed by atoms with Crippen molar-refractivity contribution in [2.75, 3.05) is 7.05 Å². The summed E-state index contributed by atoms with van der Waals surface area (Å²) in [6, 6.07) is 6.13. The molecule has 2 heterocycles. The second-order valence-corrected chi connectivity index (χ2v) is 5.45. The molecule has 0 saturated heterocycles. The van der Waals surface area contributed by atoms with Gasteiger partial charge < -0.3 is 5.32 Å². The summed E-state index contributed by atoms with van der Waals surface area (Å²) < 4.78 is 1.80. The van der Waals surface area contributed by atoms with Crippen LogP contribution in [-0.2, 0) is 12.0 Å². The molecule has 4 heteroatoms. The number of hydrogen-bond donors (Lipinski definition) is 1. The summed E-state index contributed by atoms with van der Waals surface area (Å²) in [4.78, 5) is 4.70. The van der Waals surface area contributed by atoms with Gasteiger partial charge in [-0.1, -0.05) is 20.8 Å². The first kappa shape index (κ1) is 12.8. The maximum atomic E-state index is 4.70. The molecular formula is C14H20N4. The summed E-state index contributed by atoms with van der Waals surface area (Å²) in [6.07, 6.45) is 3.68. The number of nitrogens with zero attached hydrogens (tertiary/aromatic N) is 3. The van der Waals surface area contributed by atoms with Crippen molar-refractivity contribution in [3.05, 3.63) is 41.9 Å². The van der Waals surface area contributed by atoms with Crippen LogP contribution < -0.4 is 5.32 Å². The molecule has 0 fully saturated rings. The zero-order chi connectivity index (χ0) is 13.2. The van der Waals surface area contributed by atoms with E-state index < -0.39 is 0 Å². The molecule has 0 radical (unpaired) electrons. The van der Waals surface area contributed by atoms with Gasteiger partial charge in [-0.3, -0.25) is 0 Å². The molecule has 2 rings (SSSR count). The fraction of sp³-hybridized carbons (Fsp3) is 0.429. The highest BCUT2D eigenvalue weighted by Crippen LogP contribution is 2.22. The van der Waals surface area contributed by atoms with Crippen LogP contribution in [0.1, 0.15) is 32.0 Å². The molecule has 18 heavy (non-hydrogen) atoms. The highest BCUT2D eigenvalue weighted by Gasteiger charge is 2.17. The van der Waals surface area contributed by atoms with Crippen molar-refractivity contribution in [2.45, 2.75) is 32.7 Å². The largest absolute Gasteiger partial charge is 0.316 e. The number of hydrogen-bond acceptors (Lipinski definition) is 3. The molecule has 1 N–H and O–H groups in total. The van der Waals surface area contributed by atoms with Crippen LogP contribution in [0.5, 0.6) is 0 Å². The average Bonchev–Trinajstić information content (AvgIpc) is 2.81. The summed E-state index contributed by atoms with van der Waals surface area (Å²) in [5.74, 6) is 0.873. The molecule has 0 aromatic carbocycles. The monoisotopic (exact) mass is 244 g/mol. The predicted octanol–water partition coefficient (Wildman–Crippen LogP) is 2.28. The highest BCUT2D eigenvalue weighted by molar-refractivity contribution is 5.32. The number of rotatable bonds is 3. The Hall–Kier alpha value is -1.68. The molecule has 0 amide bonds. The quantitative estimate of drug-likeness (QED) is 0.900. The van der Waals surface area contributed by atoms with Crippen LogP contribution in [0, 0.1) is 0 Å². The molecule has 4 nitrogen and oxygen atoms in total. The summed E-state index contributed by atoms with van der Waals surface area (Å²) in [5, 5.41) is 7.42. The maximum absolute atomic E-state index is 4.70. The lowest BCUT2D eigenvalue weighted by molar-refractivity contribution is 0.564. The Kier molecular flexibility index (Phi) is 3.48. The molecule has 0 unspecified atom stereocenters. The second-order valence-electron chi connectivity index (χ2n) is 5.45. The van der Waals surface area contributed by atoms with E-state index in [0.717, 1.165) is 18.1 Å². The van der Waals surface area contributed by atoms with E-state index >= 15 is 0 Å². The van der Waals surface area contributed by atoms with Crippen LogP contribution in [0.2, 0.25) is 0 Å². The van der Waals surface area contributed by atoms with Crippen molar-refractivity contribution in [3.63, 3.8) is 0 Å². The van der Waals surface area contributed by atoms with Gasteiger partial charge in [-0.05, 0) is 30.8 Å². The van der Waals surface area contributed by atoms with Crippen molar-refractivity contribution >= 4 is 0 Å². The zero-order valence-electron chi connectivity index (χ0n) is 11.4. The van der Waals surface area contributed by atoms with Gasteiger partial charge in [0, 0.05) is 30.0 Å². The molecule has 0 atom stereocenters. The smallest absolute Gasteiger partial charge is 0.153 e. The molecular weight excluding hydrogens is 224 g/mol. The number of nitrogens with one attached hydrogen (secondary N) is 1. The second kappa shape index (κ2) is 4.90. The third kappa shape index (κ3) is 2.76. The molecule has 0 bridgehead atoms. The standard InChI is InChI=1S/C14H20N4/c1-14(2,3)12-8-11(10-15-4)9-13(17-12)18-7-5-6-16-18/h5-9,15H,10H2,1-4H3. The molecule has 2 aromatic heterocycles. The fourth-order valence-corrected chi connectivity index (χ4v) is 1.78. The van der Waals surface area contributed by atoms with Crippen molar-refractivity contribution < 1.29 is 0 Å². The minimum Gasteiger partial charge on any atom is -0.316 e. The minimum absolute atomic E-state index is 0.0334. The van der Waals surface area contributed by atoms with E-state index in [2.05, 4.69) is 43.3 Å². The van der Waals surface area contributed by atoms with Gasteiger partial charge in [-0.25, -0.2) is 9.67 Å². The molecule has 0 spiro atoms. The minimum atomic E-state index is 0.0334. The molecule has 0 aliphatic carbocycles. The van der Waals surface area contributed by atoms with Crippen molar-refractivity contribution in [1.82, 2.24) is 20.1 Å². The Balaban J connectivity index is 2.50. The molecule has 2 aromatic rings. The Morgan fingerprint density at radius 1 is 1.28 bits per heavy atom. The van der Waals surface area contributed by atoms with E-state index in [1.165, 1.54) is 5.56 Å². The predicted molar refractivity (Wildman–Crippen MR) is 72.8 cm³/mol. The molecule has 96 valence electrons. The van der Waals surface area contributed by atoms with Gasteiger partial charge in [-0.15, -0.1) is 0 Å². The van der Waals surface area contributed by atoms with E-state index in [1.807, 2.05) is 19.3 Å². The number of pyridine rings is 1. The Morgan fingerprint density at radius 3 is 2.61 bits per heavy atom. The lowest BCUT2D eigenvalue weighted by Gasteiger charge is -2.20. The fourth-order valence-electron chi connectivity index (χ4n) is 1.78. The van der Waals surface area contributed by atoms with Gasteiger partial charge in [0.25, 0.3) is 0 Å². The van der Waals surface area contributed by atoms with Crippen molar-refractivity contribution in [2.24, 2.45) is 0 Å². The third-order valence-corrected chi connectivity index (χ3v) is 2.76. The zero-order valence-corrected chi connectivity index (χ0v) is 11.4. The molecule has 0 aliphatic rings. The summed E-state index contributed by atoms with van der Waals surface area (Å²) in [6.45, 7) is 7.35. The van der Waals surface area contributed by atoms with Crippen LogP contribution in [0.4, 0.5) is 0 Å². The van der Waals surface area contributed by atoms with E-state index in [4.69, 9.17) is 4.98 Å². The highest BCUT2D eigenvalue weighted by atomic mass is 15.3. The van der Waals surface area contributed by atoms with Crippen molar-refractivity contribution in [3.8, 4) is 5.82 Å². The lowest BCUT2D eigenvalue weighted by Crippen LogP contribution is -2.17. The maximum Gasteiger partial charge on any atom is 0.153 e. The van der Waals surface area contributed by atoms with Gasteiger partial charge in [0.2, 0.25) is 0 Å². The Bertz CT molecular complexity index is 509. The first-order valence-electron chi connectivity index (χ1n) is 6.17. The average molecular weight is 244 g/mol. The van der Waals surface area contributed by atoms with E-state index in [1.54, 1.807) is 10.9 Å². The van der Waals surface area contributed by atoms with Crippen LogP contribution in [0.15, 0.2) is 30.6 Å². The summed E-state index contributed by atoms with van der Waals surface area (Å²) in [7, 11) is 1.95. The van der Waals surface area contributed by atoms with Gasteiger partial charge >= 0.3 is 0 Å². The molecule has 0 saturated carbocycles. The van der Waals surface area contributed by atoms with Gasteiger partial charge in [0.1, 0.15) is 0 Å². The lowest BCUT2D eigenvalue weighted by atomic mass is 9.90. The van der Waals surface area contributed by atoms with Crippen molar-refractivity contribution in [1.29, 1.82) is 0 Å². The molecule has 0 aliphatic heterocycles. The van der Waals surface area contributed by atoms with Gasteiger partial charge in [0.05, 0.1) is 0 Å². The first-order chi connectivity index (χ1) is 8.50. The van der Waals surface area contributed by atoms with E-state index in [0.29, 0.717) is 0 Å². The van der Waals surface area contributed by atoms with Gasteiger partial charge in [0.15, 0.2) is 5.82 Å². The van der Waals surface area contributed by atoms with E-state index in [9.17, 15) is 0 Å². The van der Waals surface area contributed by atoms with E-state index in [-0.39, 0.29) is 5.41 Å². The van der Waals surface area contributed by atoms with Crippen LogP contribution >= 0.6 is 0 Å².